The summed E-state index contributed by atoms with van der Waals surface area (Å²) >= 11 is 0. The van der Waals surface area contributed by atoms with E-state index in [1.165, 1.54) is 44.9 Å². The Bertz CT molecular complexity index is 306. The molecule has 2 aliphatic rings. The summed E-state index contributed by atoms with van der Waals surface area (Å²) in [5.41, 5.74) is 0. The SMILES string of the molecule is CC1CCCC(C)N1[SiH2]CCC[SiH](C)N1C(C)CCCC1C. The van der Waals surface area contributed by atoms with Gasteiger partial charge >= 0.3 is 0 Å². The lowest BCUT2D eigenvalue weighted by molar-refractivity contribution is 0.199. The van der Waals surface area contributed by atoms with Crippen LogP contribution in [-0.4, -0.2) is 51.9 Å². The van der Waals surface area contributed by atoms with Crippen molar-refractivity contribution in [1.82, 2.24) is 9.13 Å². The summed E-state index contributed by atoms with van der Waals surface area (Å²) in [5.74, 6) is 0. The Morgan fingerprint density at radius 3 is 1.91 bits per heavy atom. The zero-order valence-corrected chi connectivity index (χ0v) is 18.4. The predicted molar refractivity (Wildman–Crippen MR) is 105 cm³/mol. The van der Waals surface area contributed by atoms with Gasteiger partial charge < -0.3 is 9.13 Å². The van der Waals surface area contributed by atoms with E-state index in [0.29, 0.717) is 0 Å². The highest BCUT2D eigenvalue weighted by atomic mass is 28.3. The molecule has 5 unspecified atom stereocenters. The molecule has 4 heteroatoms. The second kappa shape index (κ2) is 9.00. The fourth-order valence-corrected chi connectivity index (χ4v) is 11.0. The lowest BCUT2D eigenvalue weighted by Crippen LogP contribution is -2.51. The van der Waals surface area contributed by atoms with Crippen LogP contribution in [0.5, 0.6) is 0 Å². The number of hydrogen-bond donors (Lipinski definition) is 0. The van der Waals surface area contributed by atoms with Crippen molar-refractivity contribution >= 4 is 18.6 Å². The van der Waals surface area contributed by atoms with Gasteiger partial charge in [0, 0.05) is 24.2 Å². The molecule has 0 saturated carbocycles. The maximum absolute atomic E-state index is 2.96. The Balaban J connectivity index is 1.69. The van der Waals surface area contributed by atoms with Gasteiger partial charge in [0.2, 0.25) is 0 Å². The predicted octanol–water partition coefficient (Wildman–Crippen LogP) is 3.76. The molecular formula is C18H40N2Si2. The molecule has 0 amide bonds. The minimum atomic E-state index is -0.668. The Morgan fingerprint density at radius 2 is 1.36 bits per heavy atom. The fourth-order valence-electron chi connectivity index (χ4n) is 5.11. The third-order valence-electron chi connectivity index (χ3n) is 6.43. The van der Waals surface area contributed by atoms with Crippen molar-refractivity contribution in [3.8, 4) is 0 Å². The van der Waals surface area contributed by atoms with E-state index in [-0.39, 0.29) is 9.68 Å². The van der Waals surface area contributed by atoms with E-state index in [2.05, 4.69) is 43.4 Å². The van der Waals surface area contributed by atoms with E-state index in [9.17, 15) is 0 Å². The molecule has 2 heterocycles. The van der Waals surface area contributed by atoms with Gasteiger partial charge in [-0.3, -0.25) is 0 Å². The summed E-state index contributed by atoms with van der Waals surface area (Å²) in [5, 5.41) is 0. The summed E-state index contributed by atoms with van der Waals surface area (Å²) in [7, 11) is -0.658. The highest BCUT2D eigenvalue weighted by molar-refractivity contribution is 6.54. The average Bonchev–Trinajstić information content (AvgIpc) is 2.45. The van der Waals surface area contributed by atoms with E-state index >= 15 is 0 Å². The molecule has 0 N–H and O–H groups in total. The summed E-state index contributed by atoms with van der Waals surface area (Å²) in [6, 6.07) is 6.61. The third-order valence-corrected chi connectivity index (χ3v) is 12.3. The van der Waals surface area contributed by atoms with E-state index in [1.54, 1.807) is 12.1 Å². The van der Waals surface area contributed by atoms with Crippen LogP contribution in [-0.2, 0) is 0 Å². The largest absolute Gasteiger partial charge is 0.324 e. The lowest BCUT2D eigenvalue weighted by atomic mass is 10.0. The lowest BCUT2D eigenvalue weighted by Gasteiger charge is -2.43. The van der Waals surface area contributed by atoms with Crippen molar-refractivity contribution in [2.75, 3.05) is 0 Å². The molecule has 2 fully saturated rings. The molecular weight excluding hydrogens is 300 g/mol. The fraction of sp³-hybridized carbons (Fsp3) is 1.00. The minimum Gasteiger partial charge on any atom is -0.324 e. The van der Waals surface area contributed by atoms with Crippen molar-refractivity contribution in [1.29, 1.82) is 0 Å². The van der Waals surface area contributed by atoms with E-state index < -0.39 is 8.96 Å². The molecule has 0 aromatic heterocycles. The highest BCUT2D eigenvalue weighted by Gasteiger charge is 2.29. The summed E-state index contributed by atoms with van der Waals surface area (Å²) in [6.45, 7) is 12.5. The molecule has 0 spiro atoms. The summed E-state index contributed by atoms with van der Waals surface area (Å²) in [6.07, 6.45) is 10.2. The first-order valence-corrected chi connectivity index (χ1v) is 14.2. The topological polar surface area (TPSA) is 6.48 Å². The van der Waals surface area contributed by atoms with Gasteiger partial charge in [-0.05, 0) is 31.7 Å². The molecule has 2 nitrogen and oxygen atoms in total. The van der Waals surface area contributed by atoms with Crippen LogP contribution in [0, 0.1) is 0 Å². The van der Waals surface area contributed by atoms with Crippen molar-refractivity contribution in [2.45, 2.75) is 115 Å². The van der Waals surface area contributed by atoms with Gasteiger partial charge in [0.15, 0.2) is 0 Å². The quantitative estimate of drug-likeness (QED) is 0.536. The van der Waals surface area contributed by atoms with Crippen molar-refractivity contribution in [3.05, 3.63) is 0 Å². The first kappa shape index (κ1) is 18.7. The second-order valence-corrected chi connectivity index (χ2v) is 13.0. The van der Waals surface area contributed by atoms with Crippen molar-refractivity contribution in [3.63, 3.8) is 0 Å². The Morgan fingerprint density at radius 1 is 0.864 bits per heavy atom. The number of nitrogens with zero attached hydrogens (tertiary/aromatic N) is 2. The van der Waals surface area contributed by atoms with Crippen molar-refractivity contribution in [2.24, 2.45) is 0 Å². The van der Waals surface area contributed by atoms with Crippen LogP contribution in [0.2, 0.25) is 18.6 Å². The minimum absolute atomic E-state index is 0.0101. The van der Waals surface area contributed by atoms with Gasteiger partial charge in [-0.15, -0.1) is 0 Å². The maximum Gasteiger partial charge on any atom is 0.109 e. The van der Waals surface area contributed by atoms with Crippen LogP contribution in [0.1, 0.15) is 72.6 Å². The van der Waals surface area contributed by atoms with Gasteiger partial charge in [-0.1, -0.05) is 59.5 Å². The maximum atomic E-state index is 2.96. The van der Waals surface area contributed by atoms with Gasteiger partial charge in [0.1, 0.15) is 8.96 Å². The van der Waals surface area contributed by atoms with Crippen LogP contribution in [0.15, 0.2) is 0 Å². The monoisotopic (exact) mass is 340 g/mol. The highest BCUT2D eigenvalue weighted by Crippen LogP contribution is 2.26. The molecule has 0 aromatic rings. The van der Waals surface area contributed by atoms with Gasteiger partial charge in [0.05, 0.1) is 9.68 Å². The van der Waals surface area contributed by atoms with Crippen LogP contribution >= 0.6 is 0 Å². The molecule has 2 rings (SSSR count). The first-order valence-electron chi connectivity index (χ1n) is 10.0. The Hall–Kier alpha value is 0.354. The molecule has 0 radical (unpaired) electrons. The van der Waals surface area contributed by atoms with Gasteiger partial charge in [0.25, 0.3) is 0 Å². The van der Waals surface area contributed by atoms with E-state index in [0.717, 1.165) is 24.2 Å². The second-order valence-electron chi connectivity index (χ2n) is 8.29. The normalized spacial score (nSPS) is 37.0. The molecule has 2 saturated heterocycles. The average molecular weight is 341 g/mol. The van der Waals surface area contributed by atoms with Crippen LogP contribution in [0.3, 0.4) is 0 Å². The number of piperidine rings is 2. The molecule has 130 valence electrons. The van der Waals surface area contributed by atoms with E-state index in [4.69, 9.17) is 0 Å². The zero-order chi connectivity index (χ0) is 16.1. The smallest absolute Gasteiger partial charge is 0.109 e. The van der Waals surface area contributed by atoms with Crippen LogP contribution in [0.4, 0.5) is 0 Å². The van der Waals surface area contributed by atoms with Gasteiger partial charge in [-0.25, -0.2) is 0 Å². The number of rotatable bonds is 6. The van der Waals surface area contributed by atoms with Gasteiger partial charge in [-0.2, -0.15) is 0 Å². The molecule has 5 atom stereocenters. The summed E-state index contributed by atoms with van der Waals surface area (Å²) < 4.78 is 5.87. The van der Waals surface area contributed by atoms with Crippen LogP contribution < -0.4 is 0 Å². The molecule has 0 aliphatic carbocycles. The summed E-state index contributed by atoms with van der Waals surface area (Å²) in [4.78, 5) is 0. The molecule has 0 bridgehead atoms. The Labute approximate surface area is 143 Å². The molecule has 22 heavy (non-hydrogen) atoms. The third kappa shape index (κ3) is 4.92. The number of hydrogen-bond acceptors (Lipinski definition) is 2. The molecule has 2 aliphatic heterocycles. The molecule has 0 aromatic carbocycles. The zero-order valence-electron chi connectivity index (χ0n) is 15.9. The van der Waals surface area contributed by atoms with Crippen molar-refractivity contribution < 1.29 is 0 Å². The Kier molecular flexibility index (Phi) is 7.64. The van der Waals surface area contributed by atoms with Crippen LogP contribution in [0.25, 0.3) is 0 Å². The standard InChI is InChI=1S/C18H40N2Si2/c1-15-9-6-10-16(2)19(15)21-13-8-14-22(5)20-17(3)11-7-12-18(20)4/h15-18,22H,6-14,21H2,1-5H3. The van der Waals surface area contributed by atoms with E-state index in [1.807, 2.05) is 0 Å². The first-order chi connectivity index (χ1) is 10.5.